The fourth-order valence-electron chi connectivity index (χ4n) is 1.91. The predicted molar refractivity (Wildman–Crippen MR) is 86.2 cm³/mol. The van der Waals surface area contributed by atoms with E-state index < -0.39 is 0 Å². The first-order valence-electron chi connectivity index (χ1n) is 7.05. The van der Waals surface area contributed by atoms with Crippen molar-refractivity contribution in [1.82, 2.24) is 5.32 Å². The Hall–Kier alpha value is -1.19. The van der Waals surface area contributed by atoms with Gasteiger partial charge in [0, 0.05) is 10.9 Å². The molecular formula is C17H23NOS. The zero-order valence-corrected chi connectivity index (χ0v) is 13.5. The van der Waals surface area contributed by atoms with Gasteiger partial charge in [-0.25, -0.2) is 0 Å². The van der Waals surface area contributed by atoms with Gasteiger partial charge in [0.2, 0.25) is 0 Å². The minimum Gasteiger partial charge on any atom is -0.464 e. The molecule has 0 unspecified atom stereocenters. The zero-order valence-electron chi connectivity index (χ0n) is 12.7. The third kappa shape index (κ3) is 4.43. The summed E-state index contributed by atoms with van der Waals surface area (Å²) in [6.45, 7) is 9.36. The van der Waals surface area contributed by atoms with Crippen molar-refractivity contribution in [2.24, 2.45) is 0 Å². The van der Waals surface area contributed by atoms with Crippen molar-refractivity contribution in [2.75, 3.05) is 0 Å². The van der Waals surface area contributed by atoms with Crippen molar-refractivity contribution < 1.29 is 4.42 Å². The highest BCUT2D eigenvalue weighted by Crippen LogP contribution is 2.27. The number of hydrogen-bond donors (Lipinski definition) is 1. The van der Waals surface area contributed by atoms with Crippen LogP contribution in [0.25, 0.3) is 0 Å². The second-order valence-corrected chi connectivity index (χ2v) is 6.48. The molecule has 0 spiro atoms. The summed E-state index contributed by atoms with van der Waals surface area (Å²) in [4.78, 5) is 1.34. The molecule has 0 saturated heterocycles. The standard InChI is InChI=1S/C17H23NOS/c1-12(2)18-10-15-7-8-16(19-15)11-20-17-9-13(3)5-6-14(17)4/h5-9,12,18H,10-11H2,1-4H3. The van der Waals surface area contributed by atoms with E-state index in [1.165, 1.54) is 16.0 Å². The first kappa shape index (κ1) is 15.2. The van der Waals surface area contributed by atoms with Crippen LogP contribution >= 0.6 is 11.8 Å². The fourth-order valence-corrected chi connectivity index (χ4v) is 2.93. The highest BCUT2D eigenvalue weighted by atomic mass is 32.2. The van der Waals surface area contributed by atoms with E-state index in [9.17, 15) is 0 Å². The van der Waals surface area contributed by atoms with Gasteiger partial charge in [-0.1, -0.05) is 31.5 Å². The minimum absolute atomic E-state index is 0.480. The Morgan fingerprint density at radius 2 is 1.85 bits per heavy atom. The Balaban J connectivity index is 1.92. The predicted octanol–water partition coefficient (Wildman–Crippen LogP) is 4.69. The molecule has 1 heterocycles. The summed E-state index contributed by atoms with van der Waals surface area (Å²) in [6, 6.07) is 11.2. The van der Waals surface area contributed by atoms with Crippen molar-refractivity contribution >= 4 is 11.8 Å². The molecule has 108 valence electrons. The summed E-state index contributed by atoms with van der Waals surface area (Å²) in [5.41, 5.74) is 2.63. The van der Waals surface area contributed by atoms with E-state index in [-0.39, 0.29) is 0 Å². The number of rotatable bonds is 6. The van der Waals surface area contributed by atoms with Crippen LogP contribution in [0.2, 0.25) is 0 Å². The van der Waals surface area contributed by atoms with Crippen LogP contribution in [0, 0.1) is 13.8 Å². The summed E-state index contributed by atoms with van der Waals surface area (Å²) >= 11 is 1.84. The normalized spacial score (nSPS) is 11.2. The van der Waals surface area contributed by atoms with Gasteiger partial charge in [-0.3, -0.25) is 0 Å². The van der Waals surface area contributed by atoms with Gasteiger partial charge in [0.1, 0.15) is 11.5 Å². The Morgan fingerprint density at radius 1 is 1.10 bits per heavy atom. The second-order valence-electron chi connectivity index (χ2n) is 5.46. The van der Waals surface area contributed by atoms with E-state index in [0.29, 0.717) is 6.04 Å². The Kier molecular flexibility index (Phi) is 5.32. The molecule has 0 fully saturated rings. The molecule has 0 aliphatic rings. The molecule has 1 aromatic carbocycles. The number of furan rings is 1. The average Bonchev–Trinajstić information content (AvgIpc) is 2.85. The van der Waals surface area contributed by atoms with Gasteiger partial charge in [-0.2, -0.15) is 0 Å². The molecule has 2 rings (SSSR count). The van der Waals surface area contributed by atoms with E-state index in [4.69, 9.17) is 4.42 Å². The first-order valence-corrected chi connectivity index (χ1v) is 8.04. The molecule has 0 saturated carbocycles. The first-order chi connectivity index (χ1) is 9.54. The van der Waals surface area contributed by atoms with Gasteiger partial charge in [-0.05, 0) is 37.6 Å². The third-order valence-corrected chi connectivity index (χ3v) is 4.30. The maximum atomic E-state index is 5.84. The molecule has 2 nitrogen and oxygen atoms in total. The maximum Gasteiger partial charge on any atom is 0.118 e. The average molecular weight is 289 g/mol. The van der Waals surface area contributed by atoms with Crippen molar-refractivity contribution in [1.29, 1.82) is 0 Å². The van der Waals surface area contributed by atoms with Crippen LogP contribution in [0.3, 0.4) is 0 Å². The monoisotopic (exact) mass is 289 g/mol. The van der Waals surface area contributed by atoms with Gasteiger partial charge < -0.3 is 9.73 Å². The minimum atomic E-state index is 0.480. The lowest BCUT2D eigenvalue weighted by molar-refractivity contribution is 0.445. The quantitative estimate of drug-likeness (QED) is 0.781. The van der Waals surface area contributed by atoms with Gasteiger partial charge in [-0.15, -0.1) is 11.8 Å². The molecular weight excluding hydrogens is 266 g/mol. The molecule has 1 N–H and O–H groups in total. The number of benzene rings is 1. The molecule has 20 heavy (non-hydrogen) atoms. The van der Waals surface area contributed by atoms with Crippen LogP contribution in [0.5, 0.6) is 0 Å². The highest BCUT2D eigenvalue weighted by Gasteiger charge is 2.05. The van der Waals surface area contributed by atoms with E-state index >= 15 is 0 Å². The largest absolute Gasteiger partial charge is 0.464 e. The smallest absolute Gasteiger partial charge is 0.118 e. The number of thioether (sulfide) groups is 1. The van der Waals surface area contributed by atoms with Crippen LogP contribution in [0.15, 0.2) is 39.6 Å². The lowest BCUT2D eigenvalue weighted by atomic mass is 10.2. The molecule has 0 radical (unpaired) electrons. The summed E-state index contributed by atoms with van der Waals surface area (Å²) in [6.07, 6.45) is 0. The van der Waals surface area contributed by atoms with Gasteiger partial charge in [0.05, 0.1) is 12.3 Å². The Labute approximate surface area is 126 Å². The van der Waals surface area contributed by atoms with Crippen LogP contribution in [0.4, 0.5) is 0 Å². The van der Waals surface area contributed by atoms with Gasteiger partial charge in [0.15, 0.2) is 0 Å². The lowest BCUT2D eigenvalue weighted by Gasteiger charge is -2.06. The van der Waals surface area contributed by atoms with E-state index in [1.807, 2.05) is 11.8 Å². The summed E-state index contributed by atoms with van der Waals surface area (Å²) in [7, 11) is 0. The van der Waals surface area contributed by atoms with Crippen molar-refractivity contribution in [3.8, 4) is 0 Å². The van der Waals surface area contributed by atoms with E-state index in [0.717, 1.165) is 23.8 Å². The molecule has 0 amide bonds. The molecule has 3 heteroatoms. The summed E-state index contributed by atoms with van der Waals surface area (Å²) < 4.78 is 5.84. The Bertz CT molecular complexity index is 560. The van der Waals surface area contributed by atoms with Gasteiger partial charge in [0.25, 0.3) is 0 Å². The summed E-state index contributed by atoms with van der Waals surface area (Å²) in [5.74, 6) is 2.93. The molecule has 0 bridgehead atoms. The van der Waals surface area contributed by atoms with Crippen molar-refractivity contribution in [3.05, 3.63) is 53.0 Å². The number of hydrogen-bond acceptors (Lipinski definition) is 3. The van der Waals surface area contributed by atoms with Crippen LogP contribution in [-0.2, 0) is 12.3 Å². The lowest BCUT2D eigenvalue weighted by Crippen LogP contribution is -2.21. The Morgan fingerprint density at radius 3 is 2.60 bits per heavy atom. The topological polar surface area (TPSA) is 25.2 Å². The molecule has 1 aromatic heterocycles. The van der Waals surface area contributed by atoms with Crippen LogP contribution in [-0.4, -0.2) is 6.04 Å². The van der Waals surface area contributed by atoms with Crippen LogP contribution < -0.4 is 5.32 Å². The number of aryl methyl sites for hydroxylation is 2. The number of nitrogens with one attached hydrogen (secondary N) is 1. The highest BCUT2D eigenvalue weighted by molar-refractivity contribution is 7.98. The van der Waals surface area contributed by atoms with E-state index in [2.05, 4.69) is 63.3 Å². The van der Waals surface area contributed by atoms with Crippen molar-refractivity contribution in [2.45, 2.75) is 50.9 Å². The van der Waals surface area contributed by atoms with Gasteiger partial charge >= 0.3 is 0 Å². The molecule has 2 aromatic rings. The van der Waals surface area contributed by atoms with Crippen molar-refractivity contribution in [3.63, 3.8) is 0 Å². The zero-order chi connectivity index (χ0) is 14.5. The van der Waals surface area contributed by atoms with Crippen LogP contribution in [0.1, 0.15) is 36.5 Å². The summed E-state index contributed by atoms with van der Waals surface area (Å²) in [5, 5.41) is 3.36. The molecule has 0 aliphatic carbocycles. The van der Waals surface area contributed by atoms with E-state index in [1.54, 1.807) is 0 Å². The SMILES string of the molecule is Cc1ccc(C)c(SCc2ccc(CNC(C)C)o2)c1. The second kappa shape index (κ2) is 7.00. The fraction of sp³-hybridized carbons (Fsp3) is 0.412. The third-order valence-electron chi connectivity index (χ3n) is 3.12. The molecule has 0 aliphatic heterocycles. The maximum absolute atomic E-state index is 5.84. The molecule has 0 atom stereocenters.